The van der Waals surface area contributed by atoms with Crippen LogP contribution in [0.2, 0.25) is 0 Å². The summed E-state index contributed by atoms with van der Waals surface area (Å²) in [4.78, 5) is 13.5. The number of hydrogen-bond donors (Lipinski definition) is 1. The van der Waals surface area contributed by atoms with Crippen molar-refractivity contribution in [1.82, 2.24) is 0 Å². The van der Waals surface area contributed by atoms with E-state index in [4.69, 9.17) is 10.5 Å². The molecule has 0 fully saturated rings. The number of anilines is 1. The number of methoxy groups -OCH3 is 1. The highest BCUT2D eigenvalue weighted by molar-refractivity contribution is 7.14. The van der Waals surface area contributed by atoms with E-state index >= 15 is 0 Å². The summed E-state index contributed by atoms with van der Waals surface area (Å²) in [5.41, 5.74) is 8.20. The molecule has 1 heterocycles. The van der Waals surface area contributed by atoms with E-state index in [1.807, 2.05) is 0 Å². The molecule has 18 heavy (non-hydrogen) atoms. The summed E-state index contributed by atoms with van der Waals surface area (Å²) in [6, 6.07) is 0. The second-order valence-corrected chi connectivity index (χ2v) is 7.15. The highest BCUT2D eigenvalue weighted by Crippen LogP contribution is 2.43. The zero-order valence-electron chi connectivity index (χ0n) is 11.5. The summed E-state index contributed by atoms with van der Waals surface area (Å²) < 4.78 is 4.78. The molecule has 3 nitrogen and oxygen atoms in total. The summed E-state index contributed by atoms with van der Waals surface area (Å²) >= 11 is 1.51. The number of nitrogens with two attached hydrogens (primary N) is 1. The molecule has 1 atom stereocenters. The minimum absolute atomic E-state index is 0.306. The minimum Gasteiger partial charge on any atom is -0.465 e. The Balaban J connectivity index is 2.32. The van der Waals surface area contributed by atoms with Crippen molar-refractivity contribution >= 4 is 23.0 Å². The Kier molecular flexibility index (Phi) is 3.41. The summed E-state index contributed by atoms with van der Waals surface area (Å²) in [6.45, 7) is 6.84. The maximum atomic E-state index is 11.6. The van der Waals surface area contributed by atoms with E-state index in [0.29, 0.717) is 21.9 Å². The van der Waals surface area contributed by atoms with Crippen molar-refractivity contribution in [2.45, 2.75) is 40.0 Å². The molecule has 0 bridgehead atoms. The maximum absolute atomic E-state index is 11.6. The number of hydrogen-bond acceptors (Lipinski definition) is 4. The van der Waals surface area contributed by atoms with Crippen LogP contribution in [0.1, 0.15) is 47.3 Å². The van der Waals surface area contributed by atoms with Crippen LogP contribution in [0.15, 0.2) is 0 Å². The Morgan fingerprint density at radius 1 is 1.44 bits per heavy atom. The van der Waals surface area contributed by atoms with Crippen LogP contribution in [-0.2, 0) is 17.6 Å². The molecule has 1 aromatic rings. The Bertz CT molecular complexity index is 471. The van der Waals surface area contributed by atoms with Crippen molar-refractivity contribution in [2.75, 3.05) is 12.8 Å². The van der Waals surface area contributed by atoms with E-state index in [1.165, 1.54) is 28.9 Å². The predicted molar refractivity (Wildman–Crippen MR) is 75.0 cm³/mol. The number of rotatable bonds is 1. The molecule has 100 valence electrons. The van der Waals surface area contributed by atoms with E-state index in [-0.39, 0.29) is 5.97 Å². The SMILES string of the molecule is COC(=O)c1sc2c(c1N)CC[C@@H](C(C)(C)C)C2. The Morgan fingerprint density at radius 2 is 2.11 bits per heavy atom. The van der Waals surface area contributed by atoms with Crippen LogP contribution in [0.5, 0.6) is 0 Å². The normalized spacial score (nSPS) is 19.4. The van der Waals surface area contributed by atoms with Gasteiger partial charge < -0.3 is 10.5 Å². The smallest absolute Gasteiger partial charge is 0.350 e. The summed E-state index contributed by atoms with van der Waals surface area (Å²) in [5, 5.41) is 0. The van der Waals surface area contributed by atoms with Gasteiger partial charge in [-0.1, -0.05) is 20.8 Å². The van der Waals surface area contributed by atoms with Gasteiger partial charge >= 0.3 is 5.97 Å². The largest absolute Gasteiger partial charge is 0.465 e. The number of nitrogen functional groups attached to an aromatic ring is 1. The molecule has 0 amide bonds. The van der Waals surface area contributed by atoms with E-state index in [9.17, 15) is 4.79 Å². The van der Waals surface area contributed by atoms with Gasteiger partial charge in [-0.05, 0) is 36.2 Å². The minimum atomic E-state index is -0.306. The van der Waals surface area contributed by atoms with Gasteiger partial charge in [0.25, 0.3) is 0 Å². The lowest BCUT2D eigenvalue weighted by atomic mass is 9.72. The van der Waals surface area contributed by atoms with Gasteiger partial charge in [-0.25, -0.2) is 4.79 Å². The fourth-order valence-corrected chi connectivity index (χ4v) is 3.86. The van der Waals surface area contributed by atoms with E-state index in [2.05, 4.69) is 20.8 Å². The molecule has 0 radical (unpaired) electrons. The maximum Gasteiger partial charge on any atom is 0.350 e. The molecule has 1 aromatic heterocycles. The lowest BCUT2D eigenvalue weighted by molar-refractivity contribution is 0.0607. The molecule has 2 N–H and O–H groups in total. The van der Waals surface area contributed by atoms with Crippen molar-refractivity contribution in [3.05, 3.63) is 15.3 Å². The number of carbonyl (C=O) groups is 1. The highest BCUT2D eigenvalue weighted by atomic mass is 32.1. The number of esters is 1. The third-order valence-electron chi connectivity index (χ3n) is 3.90. The van der Waals surface area contributed by atoms with E-state index in [0.717, 1.165) is 19.3 Å². The Morgan fingerprint density at radius 3 is 2.67 bits per heavy atom. The lowest BCUT2D eigenvalue weighted by Crippen LogP contribution is -2.26. The average Bonchev–Trinajstić information content (AvgIpc) is 2.64. The van der Waals surface area contributed by atoms with Crippen molar-refractivity contribution in [3.8, 4) is 0 Å². The molecule has 1 aliphatic rings. The lowest BCUT2D eigenvalue weighted by Gasteiger charge is -2.33. The second kappa shape index (κ2) is 4.57. The first kappa shape index (κ1) is 13.4. The van der Waals surface area contributed by atoms with Crippen molar-refractivity contribution in [3.63, 3.8) is 0 Å². The third-order valence-corrected chi connectivity index (χ3v) is 5.15. The standard InChI is InChI=1S/C14H21NO2S/c1-14(2,3)8-5-6-9-10(7-8)18-12(11(9)15)13(16)17-4/h8H,5-7,15H2,1-4H3/t8-/m1/s1. The summed E-state index contributed by atoms with van der Waals surface area (Å²) in [7, 11) is 1.40. The third kappa shape index (κ3) is 2.26. The molecule has 0 spiro atoms. The molecule has 0 aliphatic heterocycles. The van der Waals surface area contributed by atoms with Crippen molar-refractivity contribution < 1.29 is 9.53 Å². The Labute approximate surface area is 112 Å². The fraction of sp³-hybridized carbons (Fsp3) is 0.643. The number of ether oxygens (including phenoxy) is 1. The van der Waals surface area contributed by atoms with Gasteiger partial charge in [0, 0.05) is 4.88 Å². The molecule has 2 rings (SSSR count). The molecule has 0 saturated heterocycles. The first-order chi connectivity index (χ1) is 8.34. The van der Waals surface area contributed by atoms with E-state index in [1.54, 1.807) is 0 Å². The van der Waals surface area contributed by atoms with Crippen LogP contribution < -0.4 is 5.73 Å². The molecule has 0 unspecified atom stereocenters. The van der Waals surface area contributed by atoms with Crippen LogP contribution in [0.4, 0.5) is 5.69 Å². The molecular formula is C14H21NO2S. The fourth-order valence-electron chi connectivity index (χ4n) is 2.59. The van der Waals surface area contributed by atoms with Crippen LogP contribution in [-0.4, -0.2) is 13.1 Å². The highest BCUT2D eigenvalue weighted by Gasteiger charge is 2.32. The van der Waals surface area contributed by atoms with E-state index < -0.39 is 0 Å². The van der Waals surface area contributed by atoms with Gasteiger partial charge in [0.15, 0.2) is 0 Å². The van der Waals surface area contributed by atoms with Gasteiger partial charge in [0.05, 0.1) is 12.8 Å². The molecule has 0 aromatic carbocycles. The topological polar surface area (TPSA) is 52.3 Å². The van der Waals surface area contributed by atoms with Crippen molar-refractivity contribution in [2.24, 2.45) is 11.3 Å². The van der Waals surface area contributed by atoms with Gasteiger partial charge in [0.2, 0.25) is 0 Å². The second-order valence-electron chi connectivity index (χ2n) is 6.04. The monoisotopic (exact) mass is 267 g/mol. The van der Waals surface area contributed by atoms with Crippen LogP contribution in [0.3, 0.4) is 0 Å². The number of carbonyl (C=O) groups excluding carboxylic acids is 1. The zero-order chi connectivity index (χ0) is 13.5. The zero-order valence-corrected chi connectivity index (χ0v) is 12.3. The van der Waals surface area contributed by atoms with Crippen LogP contribution in [0.25, 0.3) is 0 Å². The first-order valence-electron chi connectivity index (χ1n) is 6.33. The van der Waals surface area contributed by atoms with Gasteiger partial charge in [-0.2, -0.15) is 0 Å². The van der Waals surface area contributed by atoms with Gasteiger partial charge in [-0.3, -0.25) is 0 Å². The summed E-state index contributed by atoms with van der Waals surface area (Å²) in [5.74, 6) is 0.354. The van der Waals surface area contributed by atoms with Crippen LogP contribution >= 0.6 is 11.3 Å². The van der Waals surface area contributed by atoms with Gasteiger partial charge in [0.1, 0.15) is 4.88 Å². The quantitative estimate of drug-likeness (QED) is 0.794. The van der Waals surface area contributed by atoms with Crippen LogP contribution in [0, 0.1) is 11.3 Å². The average molecular weight is 267 g/mol. The molecular weight excluding hydrogens is 246 g/mol. The number of thiophene rings is 1. The first-order valence-corrected chi connectivity index (χ1v) is 7.14. The molecule has 0 saturated carbocycles. The molecule has 4 heteroatoms. The summed E-state index contributed by atoms with van der Waals surface area (Å²) in [6.07, 6.45) is 3.17. The predicted octanol–water partition coefficient (Wildman–Crippen LogP) is 3.27. The molecule has 1 aliphatic carbocycles. The number of fused-ring (bicyclic) bond motifs is 1. The Hall–Kier alpha value is -1.03. The van der Waals surface area contributed by atoms with Gasteiger partial charge in [-0.15, -0.1) is 11.3 Å². The van der Waals surface area contributed by atoms with Crippen molar-refractivity contribution in [1.29, 1.82) is 0 Å².